The molecular formula is C24H31BrN2O2S. The van der Waals surface area contributed by atoms with E-state index in [2.05, 4.69) is 33.4 Å². The number of benzene rings is 2. The van der Waals surface area contributed by atoms with E-state index in [1.165, 1.54) is 5.56 Å². The van der Waals surface area contributed by atoms with Gasteiger partial charge in [0.2, 0.25) is 11.8 Å². The van der Waals surface area contributed by atoms with Crippen molar-refractivity contribution in [3.05, 3.63) is 70.2 Å². The first-order valence-corrected chi connectivity index (χ1v) is 12.3. The average molecular weight is 491 g/mol. The van der Waals surface area contributed by atoms with Gasteiger partial charge in [0.25, 0.3) is 0 Å². The van der Waals surface area contributed by atoms with Crippen LogP contribution in [0.2, 0.25) is 0 Å². The van der Waals surface area contributed by atoms with Gasteiger partial charge in [-0.2, -0.15) is 11.8 Å². The summed E-state index contributed by atoms with van der Waals surface area (Å²) in [7, 11) is 0. The smallest absolute Gasteiger partial charge is 0.242 e. The SMILES string of the molecule is CC[C@H](C)NC(=O)[C@H](C)N(Cc1cccc(Br)c1)C(=O)CCSCc1ccccc1. The number of carbonyl (C=O) groups is 2. The van der Waals surface area contributed by atoms with Crippen LogP contribution in [0.1, 0.15) is 44.7 Å². The monoisotopic (exact) mass is 490 g/mol. The first-order chi connectivity index (χ1) is 14.4. The molecule has 30 heavy (non-hydrogen) atoms. The Morgan fingerprint density at radius 2 is 1.77 bits per heavy atom. The number of nitrogens with zero attached hydrogens (tertiary/aromatic N) is 1. The van der Waals surface area contributed by atoms with Crippen LogP contribution in [0.4, 0.5) is 0 Å². The second-order valence-electron chi connectivity index (χ2n) is 7.43. The second kappa shape index (κ2) is 12.8. The lowest BCUT2D eigenvalue weighted by Crippen LogP contribution is -2.49. The highest BCUT2D eigenvalue weighted by atomic mass is 79.9. The van der Waals surface area contributed by atoms with Gasteiger partial charge in [-0.1, -0.05) is 65.3 Å². The number of carbonyl (C=O) groups excluding carboxylic acids is 2. The lowest BCUT2D eigenvalue weighted by atomic mass is 10.1. The lowest BCUT2D eigenvalue weighted by Gasteiger charge is -2.29. The zero-order chi connectivity index (χ0) is 21.9. The average Bonchev–Trinajstić information content (AvgIpc) is 2.75. The van der Waals surface area contributed by atoms with E-state index in [1.807, 2.05) is 63.2 Å². The Kier molecular flexibility index (Phi) is 10.4. The van der Waals surface area contributed by atoms with Gasteiger partial charge >= 0.3 is 0 Å². The van der Waals surface area contributed by atoms with Crippen molar-refractivity contribution < 1.29 is 9.59 Å². The van der Waals surface area contributed by atoms with Crippen molar-refractivity contribution in [2.75, 3.05) is 5.75 Å². The van der Waals surface area contributed by atoms with Crippen LogP contribution in [0.15, 0.2) is 59.1 Å². The van der Waals surface area contributed by atoms with Crippen molar-refractivity contribution in [3.8, 4) is 0 Å². The number of halogens is 1. The summed E-state index contributed by atoms with van der Waals surface area (Å²) in [5, 5.41) is 3.00. The predicted molar refractivity (Wildman–Crippen MR) is 129 cm³/mol. The number of nitrogens with one attached hydrogen (secondary N) is 1. The fraction of sp³-hybridized carbons (Fsp3) is 0.417. The predicted octanol–water partition coefficient (Wildman–Crippen LogP) is 5.40. The summed E-state index contributed by atoms with van der Waals surface area (Å²) in [6.45, 7) is 6.23. The van der Waals surface area contributed by atoms with E-state index in [-0.39, 0.29) is 17.9 Å². The molecule has 0 radical (unpaired) electrons. The summed E-state index contributed by atoms with van der Waals surface area (Å²) in [6.07, 6.45) is 1.26. The molecule has 0 aromatic heterocycles. The van der Waals surface area contributed by atoms with Crippen molar-refractivity contribution in [2.24, 2.45) is 0 Å². The van der Waals surface area contributed by atoms with Crippen molar-refractivity contribution in [1.82, 2.24) is 10.2 Å². The molecule has 6 heteroatoms. The van der Waals surface area contributed by atoms with E-state index < -0.39 is 6.04 Å². The molecular weight excluding hydrogens is 460 g/mol. The van der Waals surface area contributed by atoms with Gasteiger partial charge in [0, 0.05) is 35.0 Å². The summed E-state index contributed by atoms with van der Waals surface area (Å²) >= 11 is 5.22. The number of hydrogen-bond acceptors (Lipinski definition) is 3. The van der Waals surface area contributed by atoms with Gasteiger partial charge in [0.05, 0.1) is 0 Å². The van der Waals surface area contributed by atoms with Crippen molar-refractivity contribution in [3.63, 3.8) is 0 Å². The Bertz CT molecular complexity index is 816. The molecule has 0 aliphatic rings. The number of hydrogen-bond donors (Lipinski definition) is 1. The molecule has 162 valence electrons. The molecule has 4 nitrogen and oxygen atoms in total. The second-order valence-corrected chi connectivity index (χ2v) is 9.45. The highest BCUT2D eigenvalue weighted by Gasteiger charge is 2.26. The first kappa shape index (κ1) is 24.5. The molecule has 0 heterocycles. The van der Waals surface area contributed by atoms with Crippen LogP contribution in [-0.2, 0) is 21.9 Å². The van der Waals surface area contributed by atoms with E-state index in [4.69, 9.17) is 0 Å². The number of rotatable bonds is 11. The minimum Gasteiger partial charge on any atom is -0.352 e. The highest BCUT2D eigenvalue weighted by Crippen LogP contribution is 2.18. The summed E-state index contributed by atoms with van der Waals surface area (Å²) < 4.78 is 0.961. The normalized spacial score (nSPS) is 12.8. The van der Waals surface area contributed by atoms with Crippen LogP contribution >= 0.6 is 27.7 Å². The van der Waals surface area contributed by atoms with Gasteiger partial charge in [-0.25, -0.2) is 0 Å². The maximum atomic E-state index is 13.1. The molecule has 0 aliphatic carbocycles. The highest BCUT2D eigenvalue weighted by molar-refractivity contribution is 9.10. The van der Waals surface area contributed by atoms with E-state index >= 15 is 0 Å². The molecule has 0 saturated carbocycles. The van der Waals surface area contributed by atoms with Crippen LogP contribution in [0.25, 0.3) is 0 Å². The van der Waals surface area contributed by atoms with Crippen LogP contribution in [0.3, 0.4) is 0 Å². The third-order valence-electron chi connectivity index (χ3n) is 4.98. The third-order valence-corrected chi connectivity index (χ3v) is 6.51. The van der Waals surface area contributed by atoms with E-state index in [0.717, 1.165) is 28.0 Å². The maximum absolute atomic E-state index is 13.1. The molecule has 0 spiro atoms. The summed E-state index contributed by atoms with van der Waals surface area (Å²) in [5.41, 5.74) is 2.25. The molecule has 0 bridgehead atoms. The largest absolute Gasteiger partial charge is 0.352 e. The zero-order valence-electron chi connectivity index (χ0n) is 17.9. The van der Waals surface area contributed by atoms with Crippen LogP contribution in [0.5, 0.6) is 0 Å². The van der Waals surface area contributed by atoms with Gasteiger partial charge in [-0.15, -0.1) is 0 Å². The fourth-order valence-corrected chi connectivity index (χ4v) is 4.29. The minimum atomic E-state index is -0.524. The topological polar surface area (TPSA) is 49.4 Å². The Morgan fingerprint density at radius 1 is 1.07 bits per heavy atom. The number of thioether (sulfide) groups is 1. The quantitative estimate of drug-likeness (QED) is 0.428. The lowest BCUT2D eigenvalue weighted by molar-refractivity contribution is -0.140. The summed E-state index contributed by atoms with van der Waals surface area (Å²) in [6, 6.07) is 17.7. The van der Waals surface area contributed by atoms with Gasteiger partial charge < -0.3 is 10.2 Å². The van der Waals surface area contributed by atoms with Crippen molar-refractivity contribution >= 4 is 39.5 Å². The van der Waals surface area contributed by atoms with Gasteiger partial charge in [-0.05, 0) is 43.5 Å². The fourth-order valence-electron chi connectivity index (χ4n) is 2.95. The molecule has 2 rings (SSSR count). The Labute approximate surface area is 192 Å². The molecule has 0 unspecified atom stereocenters. The maximum Gasteiger partial charge on any atom is 0.242 e. The molecule has 0 aliphatic heterocycles. The summed E-state index contributed by atoms with van der Waals surface area (Å²) in [4.78, 5) is 27.5. The van der Waals surface area contributed by atoms with Gasteiger partial charge in [-0.3, -0.25) is 9.59 Å². The van der Waals surface area contributed by atoms with Crippen molar-refractivity contribution in [2.45, 2.75) is 58.0 Å². The summed E-state index contributed by atoms with van der Waals surface area (Å²) in [5.74, 6) is 1.50. The van der Waals surface area contributed by atoms with Crippen LogP contribution in [0, 0.1) is 0 Å². The minimum absolute atomic E-state index is 0.00217. The van der Waals surface area contributed by atoms with E-state index in [9.17, 15) is 9.59 Å². The standard InChI is InChI=1S/C24H31BrN2O2S/c1-4-18(2)26-24(29)19(3)27(16-21-11-8-12-22(25)15-21)23(28)13-14-30-17-20-9-6-5-7-10-20/h5-12,15,18-19H,4,13-14,16-17H2,1-3H3,(H,26,29)/t18-,19-/m0/s1. The molecule has 2 atom stereocenters. The van der Waals surface area contributed by atoms with E-state index in [0.29, 0.717) is 13.0 Å². The molecule has 2 aromatic rings. The third kappa shape index (κ3) is 8.15. The Hall–Kier alpha value is -1.79. The molecule has 1 N–H and O–H groups in total. The first-order valence-electron chi connectivity index (χ1n) is 10.4. The van der Waals surface area contributed by atoms with Crippen molar-refractivity contribution in [1.29, 1.82) is 0 Å². The Morgan fingerprint density at radius 3 is 2.43 bits per heavy atom. The molecule has 2 aromatic carbocycles. The van der Waals surface area contributed by atoms with Crippen LogP contribution < -0.4 is 5.32 Å². The number of amides is 2. The van der Waals surface area contributed by atoms with Gasteiger partial charge in [0.1, 0.15) is 6.04 Å². The van der Waals surface area contributed by atoms with Gasteiger partial charge in [0.15, 0.2) is 0 Å². The van der Waals surface area contributed by atoms with Crippen LogP contribution in [-0.4, -0.2) is 34.6 Å². The molecule has 0 saturated heterocycles. The zero-order valence-corrected chi connectivity index (χ0v) is 20.3. The molecule has 2 amide bonds. The molecule has 0 fully saturated rings. The van der Waals surface area contributed by atoms with E-state index in [1.54, 1.807) is 16.7 Å². The Balaban J connectivity index is 2.01.